The molecule has 0 heterocycles. The summed E-state index contributed by atoms with van der Waals surface area (Å²) in [6.07, 6.45) is 0. The second kappa shape index (κ2) is 6.26. The maximum Gasteiger partial charge on any atom is 1.00 e. The third-order valence-corrected chi connectivity index (χ3v) is 3.74. The molecule has 1 aromatic rings. The second-order valence-electron chi connectivity index (χ2n) is 6.70. The summed E-state index contributed by atoms with van der Waals surface area (Å²) < 4.78 is 33.7. The first-order valence-electron chi connectivity index (χ1n) is 5.94. The van der Waals surface area contributed by atoms with Gasteiger partial charge in [-0.3, -0.25) is 0 Å². The summed E-state index contributed by atoms with van der Waals surface area (Å²) in [5.41, 5.74) is 1.34. The summed E-state index contributed by atoms with van der Waals surface area (Å²) in [6.45, 7) is 12.0. The monoisotopic (exact) mass is 308 g/mol. The van der Waals surface area contributed by atoms with E-state index < -0.39 is 10.1 Å². The normalized spacial score (nSPS) is 13.0. The fraction of sp³-hybridized carbons (Fsp3) is 0.571. The largest absolute Gasteiger partial charge is 1.00 e. The van der Waals surface area contributed by atoms with Gasteiger partial charge in [0.25, 0.3) is 0 Å². The van der Waals surface area contributed by atoms with E-state index in [9.17, 15) is 13.0 Å². The standard InChI is InChI=1S/C14H22O3S.K/c1-13(2,3)10-7-11(14(4,5)6)9-12(8-10)18(15,16)17;/h7-9H,1-6H3,(H,15,16,17);/q;+1/p-1. The van der Waals surface area contributed by atoms with Crippen molar-refractivity contribution in [1.82, 2.24) is 0 Å². The van der Waals surface area contributed by atoms with Gasteiger partial charge in [0.05, 0.1) is 4.90 Å². The minimum Gasteiger partial charge on any atom is -0.744 e. The van der Waals surface area contributed by atoms with Crippen molar-refractivity contribution in [1.29, 1.82) is 0 Å². The van der Waals surface area contributed by atoms with Crippen LogP contribution in [-0.2, 0) is 20.9 Å². The molecule has 0 saturated carbocycles. The molecule has 102 valence electrons. The van der Waals surface area contributed by atoms with Crippen molar-refractivity contribution in [3.8, 4) is 0 Å². The predicted molar refractivity (Wildman–Crippen MR) is 71.8 cm³/mol. The Bertz CT molecular complexity index is 517. The van der Waals surface area contributed by atoms with E-state index in [1.54, 1.807) is 0 Å². The van der Waals surface area contributed by atoms with Crippen molar-refractivity contribution in [2.45, 2.75) is 57.3 Å². The Labute approximate surface area is 159 Å². The van der Waals surface area contributed by atoms with E-state index in [1.807, 2.05) is 47.6 Å². The van der Waals surface area contributed by atoms with Crippen molar-refractivity contribution < 1.29 is 64.4 Å². The van der Waals surface area contributed by atoms with Crippen molar-refractivity contribution in [2.24, 2.45) is 0 Å². The molecule has 0 radical (unpaired) electrons. The Morgan fingerprint density at radius 1 is 0.842 bits per heavy atom. The Morgan fingerprint density at radius 3 is 1.37 bits per heavy atom. The van der Waals surface area contributed by atoms with Gasteiger partial charge < -0.3 is 4.55 Å². The number of benzene rings is 1. The van der Waals surface area contributed by atoms with Crippen LogP contribution >= 0.6 is 0 Å². The molecule has 1 aromatic carbocycles. The van der Waals surface area contributed by atoms with Gasteiger partial charge in [0, 0.05) is 0 Å². The molecule has 0 aliphatic carbocycles. The Morgan fingerprint density at radius 2 is 1.16 bits per heavy atom. The van der Waals surface area contributed by atoms with Gasteiger partial charge >= 0.3 is 51.4 Å². The zero-order valence-electron chi connectivity index (χ0n) is 12.9. The number of hydrogen-bond acceptors (Lipinski definition) is 3. The molecule has 0 N–H and O–H groups in total. The van der Waals surface area contributed by atoms with Crippen LogP contribution in [0.2, 0.25) is 0 Å². The van der Waals surface area contributed by atoms with Crippen molar-refractivity contribution >= 4 is 10.1 Å². The van der Waals surface area contributed by atoms with E-state index in [2.05, 4.69) is 0 Å². The number of rotatable bonds is 1. The van der Waals surface area contributed by atoms with Gasteiger partial charge in [0.15, 0.2) is 0 Å². The van der Waals surface area contributed by atoms with Crippen LogP contribution in [0.25, 0.3) is 0 Å². The number of hydrogen-bond donors (Lipinski definition) is 0. The Hall–Kier alpha value is 0.766. The van der Waals surface area contributed by atoms with Gasteiger partial charge in [-0.25, -0.2) is 8.42 Å². The molecule has 0 spiro atoms. The summed E-state index contributed by atoms with van der Waals surface area (Å²) in [6, 6.07) is 4.95. The van der Waals surface area contributed by atoms with Crippen molar-refractivity contribution in [2.75, 3.05) is 0 Å². The first kappa shape index (κ1) is 19.8. The van der Waals surface area contributed by atoms with E-state index in [4.69, 9.17) is 0 Å². The maximum absolute atomic E-state index is 11.2. The fourth-order valence-electron chi connectivity index (χ4n) is 1.61. The molecule has 0 bridgehead atoms. The van der Waals surface area contributed by atoms with Crippen molar-refractivity contribution in [3.63, 3.8) is 0 Å². The van der Waals surface area contributed by atoms with Crippen LogP contribution in [0.5, 0.6) is 0 Å². The van der Waals surface area contributed by atoms with E-state index >= 15 is 0 Å². The molecule has 3 nitrogen and oxygen atoms in total. The van der Waals surface area contributed by atoms with Crippen LogP contribution < -0.4 is 51.4 Å². The molecule has 0 aliphatic rings. The van der Waals surface area contributed by atoms with E-state index in [-0.39, 0.29) is 67.1 Å². The van der Waals surface area contributed by atoms with Crippen LogP contribution in [0.3, 0.4) is 0 Å². The Kier molecular flexibility index (Phi) is 6.51. The molecule has 0 unspecified atom stereocenters. The summed E-state index contributed by atoms with van der Waals surface area (Å²) in [5, 5.41) is 0. The van der Waals surface area contributed by atoms with Crippen LogP contribution in [0, 0.1) is 0 Å². The third kappa shape index (κ3) is 5.57. The quantitative estimate of drug-likeness (QED) is 0.550. The maximum atomic E-state index is 11.2. The van der Waals surface area contributed by atoms with Gasteiger partial charge in [0.2, 0.25) is 0 Å². The Balaban J connectivity index is 0.00000324. The average Bonchev–Trinajstić information content (AvgIpc) is 2.13. The molecule has 5 heteroatoms. The molecule has 19 heavy (non-hydrogen) atoms. The van der Waals surface area contributed by atoms with Crippen LogP contribution in [-0.4, -0.2) is 13.0 Å². The molecule has 0 amide bonds. The molecule has 0 atom stereocenters. The van der Waals surface area contributed by atoms with Gasteiger partial charge in [-0.15, -0.1) is 0 Å². The SMILES string of the molecule is CC(C)(C)c1cc(C(C)(C)C)cc(S(=O)(=O)[O-])c1.[K+]. The minimum atomic E-state index is -4.42. The summed E-state index contributed by atoms with van der Waals surface area (Å²) in [7, 11) is -4.42. The van der Waals surface area contributed by atoms with Gasteiger partial charge in [0.1, 0.15) is 10.1 Å². The van der Waals surface area contributed by atoms with E-state index in [0.717, 1.165) is 11.1 Å². The van der Waals surface area contributed by atoms with Crippen LogP contribution in [0.15, 0.2) is 23.1 Å². The molecular weight excluding hydrogens is 287 g/mol. The van der Waals surface area contributed by atoms with Gasteiger partial charge in [-0.1, -0.05) is 47.6 Å². The molecular formula is C14H21KO3S. The van der Waals surface area contributed by atoms with Crippen LogP contribution in [0.4, 0.5) is 0 Å². The summed E-state index contributed by atoms with van der Waals surface area (Å²) in [5.74, 6) is 0. The predicted octanol–water partition coefficient (Wildman–Crippen LogP) is 0.190. The van der Waals surface area contributed by atoms with Gasteiger partial charge in [-0.2, -0.15) is 0 Å². The summed E-state index contributed by atoms with van der Waals surface area (Å²) >= 11 is 0. The molecule has 0 saturated heterocycles. The average molecular weight is 308 g/mol. The van der Waals surface area contributed by atoms with Crippen molar-refractivity contribution in [3.05, 3.63) is 29.3 Å². The smallest absolute Gasteiger partial charge is 0.744 e. The third-order valence-electron chi connectivity index (χ3n) is 2.93. The molecule has 0 aliphatic heterocycles. The molecule has 1 rings (SSSR count). The minimum absolute atomic E-state index is 0. The second-order valence-corrected chi connectivity index (χ2v) is 8.08. The van der Waals surface area contributed by atoms with Gasteiger partial charge in [-0.05, 0) is 34.1 Å². The topological polar surface area (TPSA) is 57.2 Å². The van der Waals surface area contributed by atoms with Crippen LogP contribution in [0.1, 0.15) is 52.7 Å². The first-order valence-corrected chi connectivity index (χ1v) is 7.34. The molecule has 0 fully saturated rings. The van der Waals surface area contributed by atoms with E-state index in [1.165, 1.54) is 12.1 Å². The zero-order chi connectivity index (χ0) is 14.4. The first-order chi connectivity index (χ1) is 7.82. The van der Waals surface area contributed by atoms with E-state index in [0.29, 0.717) is 0 Å². The zero-order valence-corrected chi connectivity index (χ0v) is 16.8. The fourth-order valence-corrected chi connectivity index (χ4v) is 2.15. The summed E-state index contributed by atoms with van der Waals surface area (Å²) in [4.78, 5) is -0.139. The molecule has 0 aromatic heterocycles.